The minimum Gasteiger partial charge on any atom is -0.269 e. The van der Waals surface area contributed by atoms with E-state index in [0.29, 0.717) is 0 Å². The van der Waals surface area contributed by atoms with Crippen LogP contribution in [0.25, 0.3) is 0 Å². The molecule has 0 fully saturated rings. The maximum Gasteiger partial charge on any atom is -0.269 e. The summed E-state index contributed by atoms with van der Waals surface area (Å²) in [5.41, 5.74) is 0. The highest BCUT2D eigenvalue weighted by Gasteiger charge is -0.258. The van der Waals surface area contributed by atoms with Crippen LogP contribution in [0, 0.1) is 0 Å². The monoisotopic (exact) mass is 240 g/mol. The van der Waals surface area contributed by atoms with Crippen molar-refractivity contribution in [3.05, 3.63) is 0 Å². The zero-order valence-electron chi connectivity index (χ0n) is 4.90. The molecule has 96 valence electrons. The van der Waals surface area contributed by atoms with E-state index in [0.717, 1.165) is 0 Å². The lowest BCUT2D eigenvalue weighted by atomic mass is 19.0. The highest BCUT2D eigenvalue weighted by molar-refractivity contribution is 1.12. The van der Waals surface area contributed by atoms with Crippen molar-refractivity contribution in [2.75, 3.05) is 0 Å². The average Bonchev–Trinajstić information content (AvgIpc) is 0. The van der Waals surface area contributed by atoms with Crippen LogP contribution in [0.2, 0.25) is 0 Å². The topological polar surface area (TPSA) is 0 Å². The Morgan fingerprint density at radius 3 is 0.0833 bits per heavy atom. The smallest absolute Gasteiger partial charge is 0.269 e. The van der Waals surface area contributed by atoms with Crippen LogP contribution >= 0.6 is 0 Å². The van der Waals surface area contributed by atoms with Gasteiger partial charge in [-0.15, -0.1) is 0 Å². The predicted molar refractivity (Wildman–Crippen MR) is 30.0 cm³/mol. The first-order chi connectivity index (χ1) is 0. The number of halogens is 12. The normalized spacial score (nSPS) is 0. The van der Waals surface area contributed by atoms with Gasteiger partial charge in [-0.2, -0.15) is 0 Å². The van der Waals surface area contributed by atoms with E-state index in [1.165, 1.54) is 0 Å². The molecule has 0 bridgehead atoms. The summed E-state index contributed by atoms with van der Waals surface area (Å²) in [7, 11) is 0. The Bertz CT molecular complexity index is 0. The van der Waals surface area contributed by atoms with Gasteiger partial charge in [0, 0.05) is 0 Å². The molecule has 0 aromatic rings. The maximum absolute atomic E-state index is 0. The van der Waals surface area contributed by atoms with Crippen molar-refractivity contribution in [3.63, 3.8) is 0 Å². The van der Waals surface area contributed by atoms with E-state index in [9.17, 15) is 0 Å². The molecule has 0 aliphatic heterocycles. The molecule has 0 N–H and O–H groups in total. The van der Waals surface area contributed by atoms with Gasteiger partial charge in [-0.1, -0.05) is 0 Å². The molecule has 0 nitrogen and oxygen atoms in total. The zero-order valence-corrected chi connectivity index (χ0v) is 4.90. The summed E-state index contributed by atoms with van der Waals surface area (Å²) >= 11 is 0. The number of rotatable bonds is 0. The molecule has 0 spiro atoms. The number of hydrogen-bond acceptors (Lipinski definition) is 0. The van der Waals surface area contributed by atoms with E-state index < -0.39 is 0 Å². The molecular weight excluding hydrogens is 228 g/mol. The van der Waals surface area contributed by atoms with Gasteiger partial charge in [0.1, 0.15) is 0 Å². The molecule has 0 aliphatic carbocycles. The largest absolute Gasteiger partial charge is 0.269 e. The Morgan fingerprint density at radius 2 is 0.0833 bits per heavy atom. The van der Waals surface area contributed by atoms with Crippen molar-refractivity contribution in [1.82, 2.24) is 0 Å². The average molecular weight is 240 g/mol. The molecule has 0 aromatic heterocycles. The minimum absolute atomic E-state index is 0. The van der Waals surface area contributed by atoms with Crippen molar-refractivity contribution >= 4 is 0 Å². The fraction of sp³-hybridized carbons (Fsp3) is 0. The molecular formula is H12F12. The van der Waals surface area contributed by atoms with Crippen LogP contribution in [0.4, 0.5) is 56.5 Å². The summed E-state index contributed by atoms with van der Waals surface area (Å²) in [6.45, 7) is 0. The van der Waals surface area contributed by atoms with E-state index in [-0.39, 0.29) is 56.5 Å². The molecule has 0 aromatic carbocycles. The Labute approximate surface area is 58.1 Å². The lowest BCUT2D eigenvalue weighted by Gasteiger charge is -0.270. The second kappa shape index (κ2) is 1210. The third-order valence-corrected chi connectivity index (χ3v) is 0. The van der Waals surface area contributed by atoms with Crippen LogP contribution in [0.15, 0.2) is 0 Å². The highest BCUT2D eigenvalue weighted by atomic mass is 19.0. The van der Waals surface area contributed by atoms with Gasteiger partial charge in [-0.3, -0.25) is 56.5 Å². The van der Waals surface area contributed by atoms with Gasteiger partial charge >= 0.3 is 0 Å². The summed E-state index contributed by atoms with van der Waals surface area (Å²) < 4.78 is 0. The van der Waals surface area contributed by atoms with E-state index in [1.54, 1.807) is 0 Å². The van der Waals surface area contributed by atoms with Crippen LogP contribution in [0.3, 0.4) is 0 Å². The SMILES string of the molecule is F.F.F.F.F.F.F.F.F.F.F.F. The van der Waals surface area contributed by atoms with Crippen LogP contribution in [-0.2, 0) is 0 Å². The molecule has 0 unspecified atom stereocenters. The van der Waals surface area contributed by atoms with Gasteiger partial charge in [-0.05, 0) is 0 Å². The first-order valence-corrected chi connectivity index (χ1v) is 0. The fourth-order valence-electron chi connectivity index (χ4n) is 0. The van der Waals surface area contributed by atoms with Crippen molar-refractivity contribution in [3.8, 4) is 0 Å². The summed E-state index contributed by atoms with van der Waals surface area (Å²) in [5, 5.41) is 0. The summed E-state index contributed by atoms with van der Waals surface area (Å²) in [5.74, 6) is 0. The van der Waals surface area contributed by atoms with E-state index >= 15 is 0 Å². The molecule has 0 aliphatic rings. The Hall–Kier alpha value is -0.840. The second-order valence-corrected chi connectivity index (χ2v) is 0. The zero-order chi connectivity index (χ0) is 0. The summed E-state index contributed by atoms with van der Waals surface area (Å²) in [4.78, 5) is 0. The van der Waals surface area contributed by atoms with Gasteiger partial charge in [0.15, 0.2) is 0 Å². The third-order valence-electron chi connectivity index (χ3n) is 0. The lowest BCUT2D eigenvalue weighted by Crippen LogP contribution is 0.419. The molecule has 0 radical (unpaired) electrons. The molecule has 0 heterocycles. The summed E-state index contributed by atoms with van der Waals surface area (Å²) in [6, 6.07) is 0. The Kier molecular flexibility index (Phi) is 164000. The van der Waals surface area contributed by atoms with E-state index in [1.807, 2.05) is 0 Å². The van der Waals surface area contributed by atoms with Gasteiger partial charge < -0.3 is 0 Å². The fourth-order valence-corrected chi connectivity index (χ4v) is 0. The van der Waals surface area contributed by atoms with Crippen molar-refractivity contribution in [2.45, 2.75) is 0 Å². The number of hydrogen-bond donors (Lipinski definition) is 0. The Balaban J connectivity index is 0. The highest BCUT2D eigenvalue weighted by Crippen LogP contribution is 0.431. The second-order valence-electron chi connectivity index (χ2n) is 0. The third kappa shape index (κ3) is 864. The molecule has 12 heteroatoms. The van der Waals surface area contributed by atoms with Gasteiger partial charge in [0.25, 0.3) is 0 Å². The molecule has 0 saturated heterocycles. The van der Waals surface area contributed by atoms with E-state index in [4.69, 9.17) is 0 Å². The van der Waals surface area contributed by atoms with Gasteiger partial charge in [-0.25, -0.2) is 0 Å². The Morgan fingerprint density at radius 1 is 0.0833 bits per heavy atom. The minimum atomic E-state index is 0. The molecule has 0 saturated carbocycles. The first kappa shape index (κ1) is 1630. The van der Waals surface area contributed by atoms with Crippen molar-refractivity contribution in [1.29, 1.82) is 0 Å². The van der Waals surface area contributed by atoms with E-state index in [2.05, 4.69) is 0 Å². The quantitative estimate of drug-likeness (QED) is 0.566. The van der Waals surface area contributed by atoms with Crippen LogP contribution in [0.5, 0.6) is 0 Å². The van der Waals surface area contributed by atoms with Crippen LogP contribution < -0.4 is 0 Å². The van der Waals surface area contributed by atoms with Gasteiger partial charge in [0.2, 0.25) is 0 Å². The predicted octanol–water partition coefficient (Wildman–Crippen LogP) is 1.83. The van der Waals surface area contributed by atoms with Crippen LogP contribution in [0.1, 0.15) is 0 Å². The molecule has 0 amide bonds. The lowest BCUT2D eigenvalue weighted by molar-refractivity contribution is 1.11. The molecule has 0 atom stereocenters. The molecule has 12 heavy (non-hydrogen) atoms. The van der Waals surface area contributed by atoms with Crippen LogP contribution in [-0.4, -0.2) is 0 Å². The molecule has 0 rings (SSSR count). The summed E-state index contributed by atoms with van der Waals surface area (Å²) in [6.07, 6.45) is 0. The van der Waals surface area contributed by atoms with Gasteiger partial charge in [0.05, 0.1) is 0 Å². The first-order valence-electron chi connectivity index (χ1n) is 0. The maximum atomic E-state index is 0. The standard InChI is InChI=1S/12FH/h12*1H. The van der Waals surface area contributed by atoms with Crippen molar-refractivity contribution < 1.29 is 56.5 Å². The van der Waals surface area contributed by atoms with Crippen molar-refractivity contribution in [2.24, 2.45) is 0 Å².